The van der Waals surface area contributed by atoms with Crippen molar-refractivity contribution >= 4 is 11.6 Å². The van der Waals surface area contributed by atoms with Crippen LogP contribution in [0.15, 0.2) is 42.7 Å². The molecule has 0 bridgehead atoms. The van der Waals surface area contributed by atoms with Gasteiger partial charge >= 0.3 is 12.8 Å². The Morgan fingerprint density at radius 1 is 1.13 bits per heavy atom. The number of halogens is 5. The van der Waals surface area contributed by atoms with Crippen molar-refractivity contribution in [1.29, 1.82) is 0 Å². The molecule has 0 saturated heterocycles. The fourth-order valence-corrected chi connectivity index (χ4v) is 2.71. The van der Waals surface area contributed by atoms with E-state index in [2.05, 4.69) is 20.1 Å². The number of nitrogens with one attached hydrogen (secondary N) is 1. The molecule has 0 unspecified atom stereocenters. The van der Waals surface area contributed by atoms with Gasteiger partial charge in [-0.15, -0.1) is 0 Å². The number of alkyl halides is 5. The van der Waals surface area contributed by atoms with Gasteiger partial charge in [0.05, 0.1) is 23.0 Å². The zero-order valence-electron chi connectivity index (χ0n) is 15.7. The number of amides is 1. The van der Waals surface area contributed by atoms with Crippen molar-refractivity contribution in [2.75, 3.05) is 5.32 Å². The first-order valence-corrected chi connectivity index (χ1v) is 8.52. The van der Waals surface area contributed by atoms with Crippen molar-refractivity contribution in [3.8, 4) is 11.6 Å². The molecular formula is C19H15F5N4O2. The molecule has 3 rings (SSSR count). The summed E-state index contributed by atoms with van der Waals surface area (Å²) >= 11 is 0. The number of carbonyl (C=O) groups is 1. The number of hydrogen-bond donors (Lipinski definition) is 1. The third-order valence-corrected chi connectivity index (χ3v) is 4.29. The Kier molecular flexibility index (Phi) is 5.72. The Labute approximate surface area is 167 Å². The van der Waals surface area contributed by atoms with E-state index in [4.69, 9.17) is 0 Å². The molecule has 0 aliphatic rings. The molecule has 0 spiro atoms. The van der Waals surface area contributed by atoms with E-state index in [1.165, 1.54) is 36.0 Å². The lowest BCUT2D eigenvalue weighted by Crippen LogP contribution is -2.15. The minimum absolute atomic E-state index is 0.0795. The van der Waals surface area contributed by atoms with Gasteiger partial charge in [-0.3, -0.25) is 4.79 Å². The lowest BCUT2D eigenvalue weighted by molar-refractivity contribution is -0.137. The second-order valence-corrected chi connectivity index (χ2v) is 6.22. The molecule has 158 valence electrons. The largest absolute Gasteiger partial charge is 0.434 e. The smallest absolute Gasteiger partial charge is 0.417 e. The number of carbonyl (C=O) groups excluding carboxylic acids is 1. The minimum atomic E-state index is -4.52. The molecule has 3 aromatic rings. The highest BCUT2D eigenvalue weighted by Gasteiger charge is 2.31. The molecular weight excluding hydrogens is 411 g/mol. The molecule has 0 fully saturated rings. The average Bonchev–Trinajstić information content (AvgIpc) is 3.05. The molecule has 0 aliphatic heterocycles. The van der Waals surface area contributed by atoms with E-state index in [0.717, 1.165) is 12.1 Å². The van der Waals surface area contributed by atoms with E-state index >= 15 is 0 Å². The number of benzene rings is 1. The van der Waals surface area contributed by atoms with E-state index < -0.39 is 24.3 Å². The topological polar surface area (TPSA) is 69.0 Å². The van der Waals surface area contributed by atoms with Crippen LogP contribution in [0.1, 0.15) is 27.2 Å². The van der Waals surface area contributed by atoms with Crippen molar-refractivity contribution in [2.24, 2.45) is 0 Å². The van der Waals surface area contributed by atoms with Gasteiger partial charge in [0.25, 0.3) is 5.91 Å². The maximum atomic E-state index is 12.7. The summed E-state index contributed by atoms with van der Waals surface area (Å²) in [6, 6.07) is 6.31. The first-order valence-electron chi connectivity index (χ1n) is 8.52. The van der Waals surface area contributed by atoms with Crippen molar-refractivity contribution in [2.45, 2.75) is 26.6 Å². The number of anilines is 1. The maximum absolute atomic E-state index is 12.7. The maximum Gasteiger partial charge on any atom is 0.417 e. The fraction of sp³-hybridized carbons (Fsp3) is 0.211. The third-order valence-electron chi connectivity index (χ3n) is 4.29. The van der Waals surface area contributed by atoms with Crippen LogP contribution in [-0.2, 0) is 6.18 Å². The zero-order valence-corrected chi connectivity index (χ0v) is 15.7. The summed E-state index contributed by atoms with van der Waals surface area (Å²) in [5.41, 5.74) is 0.127. The number of hydrogen-bond acceptors (Lipinski definition) is 4. The van der Waals surface area contributed by atoms with Gasteiger partial charge in [0, 0.05) is 17.4 Å². The summed E-state index contributed by atoms with van der Waals surface area (Å²) in [7, 11) is 0. The predicted octanol–water partition coefficient (Wildman–Crippen LogP) is 4.76. The molecule has 2 heterocycles. The summed E-state index contributed by atoms with van der Waals surface area (Å²) in [4.78, 5) is 16.4. The van der Waals surface area contributed by atoms with Crippen LogP contribution in [0.3, 0.4) is 0 Å². The van der Waals surface area contributed by atoms with Gasteiger partial charge in [-0.05, 0) is 38.1 Å². The van der Waals surface area contributed by atoms with Crippen LogP contribution in [0.2, 0.25) is 0 Å². The Balaban J connectivity index is 1.83. The molecule has 1 aromatic carbocycles. The van der Waals surface area contributed by atoms with Gasteiger partial charge in [-0.2, -0.15) is 27.1 Å². The van der Waals surface area contributed by atoms with Gasteiger partial charge in [-0.1, -0.05) is 6.07 Å². The highest BCUT2D eigenvalue weighted by Crippen LogP contribution is 2.29. The lowest BCUT2D eigenvalue weighted by Gasteiger charge is -2.13. The number of ether oxygens (including phenoxy) is 1. The summed E-state index contributed by atoms with van der Waals surface area (Å²) in [6.07, 6.45) is -2.61. The first-order chi connectivity index (χ1) is 14.1. The predicted molar refractivity (Wildman–Crippen MR) is 96.9 cm³/mol. The minimum Gasteiger partial charge on any atom is -0.434 e. The standard InChI is InChI=1S/C19H15F5N4O2/c1-10-14(4-3-5-15(10)30-18(20)21)27-17(29)13-9-26-28(11(13)2)16-7-6-12(8-25-16)19(22,23)24/h3-9,18H,1-2H3,(H,27,29). The molecule has 2 aromatic heterocycles. The molecule has 0 saturated carbocycles. The van der Waals surface area contributed by atoms with Gasteiger partial charge in [0.15, 0.2) is 5.82 Å². The molecule has 11 heteroatoms. The van der Waals surface area contributed by atoms with Crippen LogP contribution in [0, 0.1) is 13.8 Å². The summed E-state index contributed by atoms with van der Waals surface area (Å²) < 4.78 is 68.6. The summed E-state index contributed by atoms with van der Waals surface area (Å²) in [6.45, 7) is 0.0477. The van der Waals surface area contributed by atoms with Crippen molar-refractivity contribution in [3.05, 3.63) is 65.1 Å². The Bertz CT molecular complexity index is 1060. The van der Waals surface area contributed by atoms with Crippen LogP contribution >= 0.6 is 0 Å². The molecule has 0 radical (unpaired) electrons. The second kappa shape index (κ2) is 8.09. The normalized spacial score (nSPS) is 11.6. The van der Waals surface area contributed by atoms with Crippen LogP contribution in [0.4, 0.5) is 27.6 Å². The molecule has 0 aliphatic carbocycles. The van der Waals surface area contributed by atoms with E-state index in [1.807, 2.05) is 0 Å². The van der Waals surface area contributed by atoms with Crippen LogP contribution in [0.25, 0.3) is 5.82 Å². The number of aromatic nitrogens is 3. The SMILES string of the molecule is Cc1c(NC(=O)c2cnn(-c3ccc(C(F)(F)F)cn3)c2C)cccc1OC(F)F. The Morgan fingerprint density at radius 3 is 2.47 bits per heavy atom. The van der Waals surface area contributed by atoms with Crippen LogP contribution in [-0.4, -0.2) is 27.3 Å². The average molecular weight is 426 g/mol. The number of rotatable bonds is 5. The van der Waals surface area contributed by atoms with Gasteiger partial charge in [0.2, 0.25) is 0 Å². The third kappa shape index (κ3) is 4.39. The molecule has 1 N–H and O–H groups in total. The summed E-state index contributed by atoms with van der Waals surface area (Å²) in [5, 5.41) is 6.60. The molecule has 0 atom stereocenters. The number of pyridine rings is 1. The Morgan fingerprint density at radius 2 is 1.87 bits per heavy atom. The second-order valence-electron chi connectivity index (χ2n) is 6.22. The van der Waals surface area contributed by atoms with Gasteiger partial charge < -0.3 is 10.1 Å². The quantitative estimate of drug-likeness (QED) is 0.598. The van der Waals surface area contributed by atoms with E-state index in [-0.39, 0.29) is 22.8 Å². The van der Waals surface area contributed by atoms with Crippen molar-refractivity contribution < 1.29 is 31.5 Å². The highest BCUT2D eigenvalue weighted by atomic mass is 19.4. The van der Waals surface area contributed by atoms with Crippen LogP contribution in [0.5, 0.6) is 5.75 Å². The lowest BCUT2D eigenvalue weighted by atomic mass is 10.1. The van der Waals surface area contributed by atoms with Gasteiger partial charge in [0.1, 0.15) is 5.75 Å². The van der Waals surface area contributed by atoms with Crippen LogP contribution < -0.4 is 10.1 Å². The Hall–Kier alpha value is -3.50. The zero-order chi connectivity index (χ0) is 22.1. The van der Waals surface area contributed by atoms with E-state index in [0.29, 0.717) is 17.5 Å². The van der Waals surface area contributed by atoms with E-state index in [1.54, 1.807) is 6.92 Å². The highest BCUT2D eigenvalue weighted by molar-refractivity contribution is 6.05. The van der Waals surface area contributed by atoms with Gasteiger partial charge in [-0.25, -0.2) is 9.67 Å². The fourth-order valence-electron chi connectivity index (χ4n) is 2.71. The van der Waals surface area contributed by atoms with Crippen molar-refractivity contribution in [3.63, 3.8) is 0 Å². The van der Waals surface area contributed by atoms with E-state index in [9.17, 15) is 26.7 Å². The molecule has 1 amide bonds. The molecule has 6 nitrogen and oxygen atoms in total. The number of nitrogens with zero attached hydrogens (tertiary/aromatic N) is 3. The summed E-state index contributed by atoms with van der Waals surface area (Å²) in [5.74, 6) is -0.560. The van der Waals surface area contributed by atoms with Crippen molar-refractivity contribution in [1.82, 2.24) is 14.8 Å². The molecule has 30 heavy (non-hydrogen) atoms. The monoisotopic (exact) mass is 426 g/mol. The first kappa shape index (κ1) is 21.2.